The lowest BCUT2D eigenvalue weighted by molar-refractivity contribution is 0.661. The van der Waals surface area contributed by atoms with Crippen molar-refractivity contribution in [1.82, 2.24) is 4.57 Å². The first kappa shape index (κ1) is 38.0. The number of hydrogen-bond donors (Lipinski definition) is 0. The van der Waals surface area contributed by atoms with Crippen LogP contribution >= 0.6 is 0 Å². The van der Waals surface area contributed by atoms with E-state index < -0.39 is 0 Å². The molecule has 0 spiro atoms. The quantitative estimate of drug-likeness (QED) is 0.164. The molecular formula is C60H49N. The van der Waals surface area contributed by atoms with Gasteiger partial charge in [-0.3, -0.25) is 0 Å². The third-order valence-corrected chi connectivity index (χ3v) is 12.8. The summed E-state index contributed by atoms with van der Waals surface area (Å²) in [5.74, 6) is 0. The summed E-state index contributed by atoms with van der Waals surface area (Å²) in [6.45, 7) is 11.3. The number of rotatable bonds is 5. The molecule has 1 aliphatic rings. The van der Waals surface area contributed by atoms with Crippen molar-refractivity contribution in [3.63, 3.8) is 0 Å². The second-order valence-corrected chi connectivity index (χ2v) is 17.2. The average molecular weight is 784 g/mol. The first-order chi connectivity index (χ1) is 29.7. The van der Waals surface area contributed by atoms with Crippen LogP contribution in [0.3, 0.4) is 0 Å². The fourth-order valence-electron chi connectivity index (χ4n) is 9.57. The minimum atomic E-state index is -0.0268. The Morgan fingerprint density at radius 2 is 0.902 bits per heavy atom. The Morgan fingerprint density at radius 1 is 0.328 bits per heavy atom. The molecule has 0 aliphatic heterocycles. The van der Waals surface area contributed by atoms with Gasteiger partial charge in [-0.05, 0) is 147 Å². The van der Waals surface area contributed by atoms with Gasteiger partial charge in [-0.2, -0.15) is 0 Å². The molecule has 0 fully saturated rings. The van der Waals surface area contributed by atoms with Crippen molar-refractivity contribution < 1.29 is 0 Å². The molecule has 9 aromatic carbocycles. The van der Waals surface area contributed by atoms with Crippen molar-refractivity contribution in [3.05, 3.63) is 234 Å². The molecule has 1 heteroatoms. The van der Waals surface area contributed by atoms with E-state index in [1.54, 1.807) is 0 Å². The van der Waals surface area contributed by atoms with Crippen LogP contribution in [-0.2, 0) is 5.41 Å². The van der Waals surface area contributed by atoms with Gasteiger partial charge in [-0.25, -0.2) is 0 Å². The van der Waals surface area contributed by atoms with Crippen LogP contribution in [0.25, 0.3) is 83.1 Å². The molecule has 0 atom stereocenters. The van der Waals surface area contributed by atoms with E-state index in [0.29, 0.717) is 0 Å². The summed E-state index contributed by atoms with van der Waals surface area (Å²) in [6.07, 6.45) is 0. The number of benzene rings is 9. The lowest BCUT2D eigenvalue weighted by Gasteiger charge is -2.21. The summed E-state index contributed by atoms with van der Waals surface area (Å²) in [4.78, 5) is 0. The van der Waals surface area contributed by atoms with Crippen LogP contribution < -0.4 is 0 Å². The van der Waals surface area contributed by atoms with E-state index in [1.165, 1.54) is 111 Å². The third-order valence-electron chi connectivity index (χ3n) is 12.8. The standard InChI is InChI=1S/C35H29N.C25H20/c1-22-11-5-6-12-25(22)28-19-24(18-17-23(28)2)36-33-16-10-8-14-27(33)30-20-29-26-13-7-9-15-31(26)35(3,4)32(29)21-34(30)36;1-19-9-8-14-22(15-19)25-17-23(20-10-4-2-5-11-20)16-24(18-25)21-12-6-3-7-13-21/h5-21H,1-4H3;2-18H,1H3. The summed E-state index contributed by atoms with van der Waals surface area (Å²) in [6, 6.07) is 75.0. The zero-order chi connectivity index (χ0) is 41.7. The number of aromatic nitrogens is 1. The zero-order valence-corrected chi connectivity index (χ0v) is 35.6. The van der Waals surface area contributed by atoms with Crippen LogP contribution in [-0.4, -0.2) is 4.57 Å². The van der Waals surface area contributed by atoms with Gasteiger partial charge in [0, 0.05) is 21.9 Å². The van der Waals surface area contributed by atoms with Crippen LogP contribution in [0.15, 0.2) is 206 Å². The Bertz CT molecular complexity index is 3180. The fourth-order valence-corrected chi connectivity index (χ4v) is 9.57. The minimum Gasteiger partial charge on any atom is -0.309 e. The molecule has 61 heavy (non-hydrogen) atoms. The molecule has 10 aromatic rings. The van der Waals surface area contributed by atoms with E-state index in [4.69, 9.17) is 0 Å². The number of hydrogen-bond acceptors (Lipinski definition) is 0. The molecular weight excluding hydrogens is 735 g/mol. The van der Waals surface area contributed by atoms with Gasteiger partial charge in [0.05, 0.1) is 11.0 Å². The van der Waals surface area contributed by atoms with Crippen LogP contribution in [0, 0.1) is 20.8 Å². The molecule has 1 aliphatic carbocycles. The lowest BCUT2D eigenvalue weighted by Crippen LogP contribution is -2.14. The summed E-state index contributed by atoms with van der Waals surface area (Å²) in [5.41, 5.74) is 23.2. The van der Waals surface area contributed by atoms with Gasteiger partial charge in [0.15, 0.2) is 0 Å². The topological polar surface area (TPSA) is 4.93 Å². The van der Waals surface area contributed by atoms with E-state index in [9.17, 15) is 0 Å². The van der Waals surface area contributed by atoms with Crippen LogP contribution in [0.1, 0.15) is 41.7 Å². The lowest BCUT2D eigenvalue weighted by atomic mass is 9.82. The Hall–Kier alpha value is -7.22. The van der Waals surface area contributed by atoms with Gasteiger partial charge < -0.3 is 4.57 Å². The Kier molecular flexibility index (Phi) is 9.61. The van der Waals surface area contributed by atoms with Crippen LogP contribution in [0.2, 0.25) is 0 Å². The summed E-state index contributed by atoms with van der Waals surface area (Å²) < 4.78 is 2.46. The molecule has 1 nitrogen and oxygen atoms in total. The van der Waals surface area contributed by atoms with Crippen LogP contribution in [0.5, 0.6) is 0 Å². The van der Waals surface area contributed by atoms with Gasteiger partial charge >= 0.3 is 0 Å². The van der Waals surface area contributed by atoms with Crippen molar-refractivity contribution in [2.24, 2.45) is 0 Å². The average Bonchev–Trinajstić information content (AvgIpc) is 3.74. The van der Waals surface area contributed by atoms with E-state index in [0.717, 1.165) is 0 Å². The maximum absolute atomic E-state index is 2.46. The first-order valence-electron chi connectivity index (χ1n) is 21.4. The second-order valence-electron chi connectivity index (χ2n) is 17.2. The Labute approximate surface area is 360 Å². The number of fused-ring (bicyclic) bond motifs is 6. The highest BCUT2D eigenvalue weighted by molar-refractivity contribution is 6.11. The Morgan fingerprint density at radius 3 is 1.59 bits per heavy atom. The summed E-state index contributed by atoms with van der Waals surface area (Å²) in [5, 5.41) is 2.62. The molecule has 1 aromatic heterocycles. The number of para-hydroxylation sites is 1. The summed E-state index contributed by atoms with van der Waals surface area (Å²) >= 11 is 0. The molecule has 0 saturated carbocycles. The van der Waals surface area contributed by atoms with E-state index in [2.05, 4.69) is 245 Å². The van der Waals surface area contributed by atoms with Crippen molar-refractivity contribution >= 4 is 21.8 Å². The third kappa shape index (κ3) is 6.87. The second kappa shape index (κ2) is 15.4. The van der Waals surface area contributed by atoms with Gasteiger partial charge in [0.25, 0.3) is 0 Å². The summed E-state index contributed by atoms with van der Waals surface area (Å²) in [7, 11) is 0. The Balaban J connectivity index is 0.000000156. The highest BCUT2D eigenvalue weighted by atomic mass is 15.0. The molecule has 0 radical (unpaired) electrons. The molecule has 0 amide bonds. The predicted octanol–water partition coefficient (Wildman–Crippen LogP) is 16.4. The SMILES string of the molecule is Cc1cccc(-c2cc(-c3ccccc3)cc(-c3ccccc3)c2)c1.Cc1ccccc1-c1cc(-n2c3ccccc3c3cc4c(cc32)C(C)(C)c2ccccc2-4)ccc1C. The fraction of sp³-hybridized carbons (Fsp3) is 0.100. The predicted molar refractivity (Wildman–Crippen MR) is 261 cm³/mol. The highest BCUT2D eigenvalue weighted by Crippen LogP contribution is 2.51. The van der Waals surface area contributed by atoms with E-state index in [-0.39, 0.29) is 5.41 Å². The molecule has 1 heterocycles. The van der Waals surface area contributed by atoms with Crippen LogP contribution in [0.4, 0.5) is 0 Å². The first-order valence-corrected chi connectivity index (χ1v) is 21.4. The molecule has 0 saturated heterocycles. The van der Waals surface area contributed by atoms with Gasteiger partial charge in [-0.1, -0.05) is 177 Å². The van der Waals surface area contributed by atoms with Crippen molar-refractivity contribution in [1.29, 1.82) is 0 Å². The van der Waals surface area contributed by atoms with Crippen molar-refractivity contribution in [2.45, 2.75) is 40.0 Å². The normalized spacial score (nSPS) is 12.5. The highest BCUT2D eigenvalue weighted by Gasteiger charge is 2.36. The largest absolute Gasteiger partial charge is 0.309 e. The monoisotopic (exact) mass is 783 g/mol. The molecule has 11 rings (SSSR count). The van der Waals surface area contributed by atoms with Crippen molar-refractivity contribution in [2.75, 3.05) is 0 Å². The smallest absolute Gasteiger partial charge is 0.0544 e. The number of nitrogens with zero attached hydrogens (tertiary/aromatic N) is 1. The van der Waals surface area contributed by atoms with E-state index in [1.807, 2.05) is 0 Å². The maximum Gasteiger partial charge on any atom is 0.0544 e. The zero-order valence-electron chi connectivity index (χ0n) is 35.6. The molecule has 0 N–H and O–H groups in total. The van der Waals surface area contributed by atoms with E-state index >= 15 is 0 Å². The molecule has 0 bridgehead atoms. The number of aryl methyl sites for hydroxylation is 3. The van der Waals surface area contributed by atoms with Crippen molar-refractivity contribution in [3.8, 4) is 61.3 Å². The molecule has 294 valence electrons. The molecule has 0 unspecified atom stereocenters. The van der Waals surface area contributed by atoms with Gasteiger partial charge in [-0.15, -0.1) is 0 Å². The minimum absolute atomic E-state index is 0.0268. The van der Waals surface area contributed by atoms with Gasteiger partial charge in [0.2, 0.25) is 0 Å². The van der Waals surface area contributed by atoms with Gasteiger partial charge in [0.1, 0.15) is 0 Å². The maximum atomic E-state index is 2.46.